The van der Waals surface area contributed by atoms with Gasteiger partial charge in [-0.25, -0.2) is 14.7 Å². The van der Waals surface area contributed by atoms with E-state index in [9.17, 15) is 8.42 Å². The molecule has 4 N–H and O–H groups in total. The third kappa shape index (κ3) is 2.16. The predicted molar refractivity (Wildman–Crippen MR) is 75.6 cm³/mol. The fourth-order valence-electron chi connectivity index (χ4n) is 1.80. The number of pyridine rings is 1. The molecular formula is C12H11N5O2S. The average Bonchev–Trinajstić information content (AvgIpc) is 2.80. The molecule has 2 heterocycles. The van der Waals surface area contributed by atoms with Crippen molar-refractivity contribution in [2.75, 3.05) is 10.5 Å². The second kappa shape index (κ2) is 4.49. The van der Waals surface area contributed by atoms with Crippen molar-refractivity contribution in [1.29, 1.82) is 0 Å². The van der Waals surface area contributed by atoms with Crippen LogP contribution in [0.3, 0.4) is 0 Å². The Balaban J connectivity index is 1.99. The molecule has 0 amide bonds. The number of benzene rings is 1. The summed E-state index contributed by atoms with van der Waals surface area (Å²) in [7, 11) is -3.87. The van der Waals surface area contributed by atoms with Gasteiger partial charge in [0.2, 0.25) is 5.95 Å². The van der Waals surface area contributed by atoms with Crippen LogP contribution in [0.4, 0.5) is 11.6 Å². The number of rotatable bonds is 3. The van der Waals surface area contributed by atoms with Crippen LogP contribution in [-0.4, -0.2) is 23.4 Å². The maximum atomic E-state index is 12.2. The lowest BCUT2D eigenvalue weighted by Gasteiger charge is -2.06. The van der Waals surface area contributed by atoms with Crippen molar-refractivity contribution in [1.82, 2.24) is 15.0 Å². The molecule has 0 fully saturated rings. The summed E-state index contributed by atoms with van der Waals surface area (Å²) in [6.45, 7) is 0. The largest absolute Gasteiger partial charge is 0.396 e. The van der Waals surface area contributed by atoms with E-state index in [4.69, 9.17) is 5.73 Å². The number of hydrogen-bond donors (Lipinski definition) is 3. The van der Waals surface area contributed by atoms with Gasteiger partial charge in [0.15, 0.2) is 5.03 Å². The second-order valence-electron chi connectivity index (χ2n) is 4.11. The zero-order valence-electron chi connectivity index (χ0n) is 10.2. The molecule has 7 nitrogen and oxygen atoms in total. The van der Waals surface area contributed by atoms with Gasteiger partial charge >= 0.3 is 0 Å². The zero-order chi connectivity index (χ0) is 14.2. The monoisotopic (exact) mass is 289 g/mol. The summed E-state index contributed by atoms with van der Waals surface area (Å²) in [6.07, 6.45) is 1.36. The third-order valence-corrected chi connectivity index (χ3v) is 3.99. The van der Waals surface area contributed by atoms with Gasteiger partial charge in [0, 0.05) is 6.20 Å². The van der Waals surface area contributed by atoms with Crippen LogP contribution in [-0.2, 0) is 10.0 Å². The summed E-state index contributed by atoms with van der Waals surface area (Å²) in [6, 6.07) is 10.3. The number of imidazole rings is 1. The minimum Gasteiger partial charge on any atom is -0.396 e. The molecule has 2 aromatic heterocycles. The van der Waals surface area contributed by atoms with Gasteiger partial charge in [0.05, 0.1) is 16.7 Å². The standard InChI is InChI=1S/C12H11N5O2S/c13-8-4-3-7-14-11(8)20(18,19)17-12-15-9-5-1-2-6-10(9)16-12/h1-7H,13H2,(H2,15,16,17). The Morgan fingerprint density at radius 2 is 1.95 bits per heavy atom. The summed E-state index contributed by atoms with van der Waals surface area (Å²) in [5.74, 6) is 0.122. The first-order chi connectivity index (χ1) is 9.56. The number of nitrogens with zero attached hydrogens (tertiary/aromatic N) is 2. The number of H-pyrrole nitrogens is 1. The van der Waals surface area contributed by atoms with Crippen molar-refractivity contribution in [3.8, 4) is 0 Å². The highest BCUT2D eigenvalue weighted by molar-refractivity contribution is 7.92. The molecule has 102 valence electrons. The molecule has 0 aliphatic rings. The van der Waals surface area contributed by atoms with Crippen LogP contribution < -0.4 is 10.5 Å². The smallest absolute Gasteiger partial charge is 0.283 e. The first-order valence-corrected chi connectivity index (χ1v) is 7.23. The van der Waals surface area contributed by atoms with Crippen LogP contribution in [0.2, 0.25) is 0 Å². The summed E-state index contributed by atoms with van der Waals surface area (Å²) < 4.78 is 26.7. The first kappa shape index (κ1) is 12.4. The number of hydrogen-bond acceptors (Lipinski definition) is 5. The van der Waals surface area contributed by atoms with Crippen LogP contribution in [0.5, 0.6) is 0 Å². The van der Waals surface area contributed by atoms with E-state index in [-0.39, 0.29) is 16.7 Å². The Morgan fingerprint density at radius 3 is 2.70 bits per heavy atom. The van der Waals surface area contributed by atoms with Crippen LogP contribution in [0.15, 0.2) is 47.6 Å². The Labute approximate surface area is 114 Å². The van der Waals surface area contributed by atoms with Crippen molar-refractivity contribution < 1.29 is 8.42 Å². The van der Waals surface area contributed by atoms with Gasteiger partial charge in [0.1, 0.15) is 0 Å². The van der Waals surface area contributed by atoms with E-state index in [0.29, 0.717) is 5.52 Å². The minimum absolute atomic E-state index is 0.0797. The number of nitrogens with two attached hydrogens (primary N) is 1. The Hall–Kier alpha value is -2.61. The summed E-state index contributed by atoms with van der Waals surface area (Å²) >= 11 is 0. The van der Waals surface area contributed by atoms with Crippen molar-refractivity contribution in [2.24, 2.45) is 0 Å². The lowest BCUT2D eigenvalue weighted by Crippen LogP contribution is -2.17. The van der Waals surface area contributed by atoms with Crippen molar-refractivity contribution in [3.63, 3.8) is 0 Å². The molecule has 0 aliphatic heterocycles. The van der Waals surface area contributed by atoms with Crippen LogP contribution in [0.25, 0.3) is 11.0 Å². The fraction of sp³-hybridized carbons (Fsp3) is 0. The molecule has 0 unspecified atom stereocenters. The van der Waals surface area contributed by atoms with E-state index in [1.807, 2.05) is 12.1 Å². The van der Waals surface area contributed by atoms with Gasteiger partial charge in [0.25, 0.3) is 10.0 Å². The Bertz CT molecular complexity index is 839. The molecule has 0 atom stereocenters. The molecule has 0 radical (unpaired) electrons. The average molecular weight is 289 g/mol. The van der Waals surface area contributed by atoms with Gasteiger partial charge in [-0.05, 0) is 24.3 Å². The number of fused-ring (bicyclic) bond motifs is 1. The molecule has 0 aliphatic carbocycles. The van der Waals surface area contributed by atoms with Gasteiger partial charge in [-0.15, -0.1) is 0 Å². The highest BCUT2D eigenvalue weighted by Gasteiger charge is 2.20. The quantitative estimate of drug-likeness (QED) is 0.673. The topological polar surface area (TPSA) is 114 Å². The van der Waals surface area contributed by atoms with Crippen LogP contribution in [0, 0.1) is 0 Å². The highest BCUT2D eigenvalue weighted by Crippen LogP contribution is 2.19. The number of sulfonamides is 1. The predicted octanol–water partition coefficient (Wildman–Crippen LogP) is 1.34. The molecule has 8 heteroatoms. The third-order valence-electron chi connectivity index (χ3n) is 2.68. The molecule has 0 saturated heterocycles. The lowest BCUT2D eigenvalue weighted by atomic mass is 10.3. The number of nitrogens with one attached hydrogen (secondary N) is 2. The number of nitrogen functional groups attached to an aromatic ring is 1. The molecule has 3 rings (SSSR count). The first-order valence-electron chi connectivity index (χ1n) is 5.74. The number of aromatic amines is 1. The molecule has 1 aromatic carbocycles. The van der Waals surface area contributed by atoms with Crippen molar-refractivity contribution in [3.05, 3.63) is 42.6 Å². The molecule has 0 bridgehead atoms. The highest BCUT2D eigenvalue weighted by atomic mass is 32.2. The fourth-order valence-corrected chi connectivity index (χ4v) is 2.83. The van der Waals surface area contributed by atoms with E-state index < -0.39 is 10.0 Å². The number of para-hydroxylation sites is 2. The summed E-state index contributed by atoms with van der Waals surface area (Å²) in [5, 5.41) is -0.222. The second-order valence-corrected chi connectivity index (χ2v) is 5.70. The molecule has 3 aromatic rings. The van der Waals surface area contributed by atoms with Crippen LogP contribution >= 0.6 is 0 Å². The SMILES string of the molecule is Nc1cccnc1S(=O)(=O)Nc1nc2ccccc2[nH]1. The molecular weight excluding hydrogens is 278 g/mol. The summed E-state index contributed by atoms with van der Waals surface area (Å²) in [4.78, 5) is 10.8. The molecule has 0 spiro atoms. The Morgan fingerprint density at radius 1 is 1.15 bits per heavy atom. The number of aromatic nitrogens is 3. The van der Waals surface area contributed by atoms with E-state index in [1.54, 1.807) is 18.2 Å². The van der Waals surface area contributed by atoms with Gasteiger partial charge in [-0.2, -0.15) is 8.42 Å². The normalized spacial score (nSPS) is 11.6. The summed E-state index contributed by atoms with van der Waals surface area (Å²) in [5.41, 5.74) is 7.10. The molecule has 20 heavy (non-hydrogen) atoms. The van der Waals surface area contributed by atoms with Gasteiger partial charge in [-0.3, -0.25) is 0 Å². The van der Waals surface area contributed by atoms with E-state index in [0.717, 1.165) is 5.52 Å². The molecule has 0 saturated carbocycles. The zero-order valence-corrected chi connectivity index (χ0v) is 11.1. The van der Waals surface area contributed by atoms with E-state index in [2.05, 4.69) is 19.7 Å². The van der Waals surface area contributed by atoms with Crippen molar-refractivity contribution >= 4 is 32.7 Å². The van der Waals surface area contributed by atoms with Gasteiger partial charge in [-0.1, -0.05) is 12.1 Å². The lowest BCUT2D eigenvalue weighted by molar-refractivity contribution is 0.598. The van der Waals surface area contributed by atoms with E-state index >= 15 is 0 Å². The van der Waals surface area contributed by atoms with Gasteiger partial charge < -0.3 is 10.7 Å². The minimum atomic E-state index is -3.87. The van der Waals surface area contributed by atoms with Crippen molar-refractivity contribution in [2.45, 2.75) is 5.03 Å². The number of anilines is 2. The maximum absolute atomic E-state index is 12.2. The maximum Gasteiger partial charge on any atom is 0.283 e. The van der Waals surface area contributed by atoms with Crippen LogP contribution in [0.1, 0.15) is 0 Å². The Kier molecular flexibility index (Phi) is 2.79. The van der Waals surface area contributed by atoms with E-state index in [1.165, 1.54) is 12.3 Å².